The number of nitrogens with one attached hydrogen (secondary N) is 1. The van der Waals surface area contributed by atoms with E-state index in [9.17, 15) is 17.6 Å². The van der Waals surface area contributed by atoms with Crippen LogP contribution in [-0.4, -0.2) is 41.8 Å². The number of methoxy groups -OCH3 is 2. The Morgan fingerprint density at radius 3 is 2.31 bits per heavy atom. The maximum Gasteiger partial charge on any atom is 0.255 e. The van der Waals surface area contributed by atoms with Crippen molar-refractivity contribution in [2.24, 2.45) is 0 Å². The fraction of sp³-hybridized carbons (Fsp3) is 0.235. The van der Waals surface area contributed by atoms with Gasteiger partial charge in [-0.1, -0.05) is 0 Å². The molecule has 0 aliphatic heterocycles. The second-order valence-electron chi connectivity index (χ2n) is 5.42. The fourth-order valence-electron chi connectivity index (χ4n) is 2.23. The zero-order chi connectivity index (χ0) is 19.5. The van der Waals surface area contributed by atoms with E-state index in [0.29, 0.717) is 11.5 Å². The Morgan fingerprint density at radius 1 is 1.08 bits per heavy atom. The van der Waals surface area contributed by atoms with Crippen molar-refractivity contribution >= 4 is 27.3 Å². The lowest BCUT2D eigenvalue weighted by molar-refractivity contribution is 0.102. The molecule has 1 N–H and O–H groups in total. The highest BCUT2D eigenvalue weighted by molar-refractivity contribution is 7.92. The number of hydrogen-bond donors (Lipinski definition) is 1. The Labute approximate surface area is 151 Å². The van der Waals surface area contributed by atoms with Crippen molar-refractivity contribution in [3.63, 3.8) is 0 Å². The number of halogens is 1. The van der Waals surface area contributed by atoms with Crippen molar-refractivity contribution in [3.05, 3.63) is 47.8 Å². The molecule has 9 heteroatoms. The monoisotopic (exact) mass is 382 g/mol. The predicted octanol–water partition coefficient (Wildman–Crippen LogP) is 2.49. The number of benzene rings is 2. The molecular weight excluding hydrogens is 363 g/mol. The number of hydrogen-bond acceptors (Lipinski definition) is 5. The summed E-state index contributed by atoms with van der Waals surface area (Å²) in [6, 6.07) is 7.98. The molecule has 2 aromatic rings. The lowest BCUT2D eigenvalue weighted by atomic mass is 10.1. The van der Waals surface area contributed by atoms with E-state index in [-0.39, 0.29) is 16.9 Å². The van der Waals surface area contributed by atoms with Crippen LogP contribution in [0.2, 0.25) is 0 Å². The molecule has 0 fully saturated rings. The largest absolute Gasteiger partial charge is 0.493 e. The molecule has 0 radical (unpaired) electrons. The summed E-state index contributed by atoms with van der Waals surface area (Å²) in [6.45, 7) is 0. The third-order valence-corrected chi connectivity index (χ3v) is 4.88. The van der Waals surface area contributed by atoms with Crippen LogP contribution in [-0.2, 0) is 10.0 Å². The van der Waals surface area contributed by atoms with Crippen LogP contribution < -0.4 is 19.1 Å². The number of nitrogens with zero attached hydrogens (tertiary/aromatic N) is 1. The van der Waals surface area contributed by atoms with E-state index in [4.69, 9.17) is 9.47 Å². The molecule has 0 spiro atoms. The molecule has 2 aromatic carbocycles. The molecular formula is C17H19FN2O5S. The Hall–Kier alpha value is -2.81. The number of anilines is 2. The summed E-state index contributed by atoms with van der Waals surface area (Å²) in [5.41, 5.74) is 0.403. The molecule has 0 bridgehead atoms. The van der Waals surface area contributed by atoms with Crippen LogP contribution in [0.3, 0.4) is 0 Å². The molecule has 0 saturated carbocycles. The topological polar surface area (TPSA) is 84.9 Å². The van der Waals surface area contributed by atoms with Crippen molar-refractivity contribution < 1.29 is 27.1 Å². The third-order valence-electron chi connectivity index (χ3n) is 3.69. The minimum atomic E-state index is -3.59. The Morgan fingerprint density at radius 2 is 1.73 bits per heavy atom. The van der Waals surface area contributed by atoms with E-state index in [0.717, 1.165) is 22.7 Å². The molecule has 140 valence electrons. The van der Waals surface area contributed by atoms with Gasteiger partial charge in [-0.2, -0.15) is 0 Å². The smallest absolute Gasteiger partial charge is 0.255 e. The summed E-state index contributed by atoms with van der Waals surface area (Å²) in [5, 5.41) is 2.53. The highest BCUT2D eigenvalue weighted by atomic mass is 32.2. The maximum absolute atomic E-state index is 13.6. The number of carbonyl (C=O) groups is 1. The van der Waals surface area contributed by atoms with Gasteiger partial charge in [-0.15, -0.1) is 0 Å². The number of sulfonamides is 1. The summed E-state index contributed by atoms with van der Waals surface area (Å²) in [5.74, 6) is -0.363. The lowest BCUT2D eigenvalue weighted by Gasteiger charge is -2.20. The fourth-order valence-corrected chi connectivity index (χ4v) is 2.75. The molecule has 1 amide bonds. The predicted molar refractivity (Wildman–Crippen MR) is 97.1 cm³/mol. The summed E-state index contributed by atoms with van der Waals surface area (Å²) >= 11 is 0. The Balaban J connectivity index is 2.39. The molecule has 0 aromatic heterocycles. The average Bonchev–Trinajstić information content (AvgIpc) is 2.59. The summed E-state index contributed by atoms with van der Waals surface area (Å²) in [7, 11) is 0.632. The summed E-state index contributed by atoms with van der Waals surface area (Å²) in [6.07, 6.45) is 1.01. The van der Waals surface area contributed by atoms with Crippen LogP contribution in [0.5, 0.6) is 11.5 Å². The van der Waals surface area contributed by atoms with Gasteiger partial charge in [0.25, 0.3) is 5.91 Å². The minimum Gasteiger partial charge on any atom is -0.493 e. The Kier molecular flexibility index (Phi) is 5.71. The van der Waals surface area contributed by atoms with Crippen LogP contribution in [0, 0.1) is 5.82 Å². The van der Waals surface area contributed by atoms with E-state index in [1.54, 1.807) is 6.07 Å². The highest BCUT2D eigenvalue weighted by Crippen LogP contribution is 2.30. The number of carbonyl (C=O) groups excluding carboxylic acids is 1. The van der Waals surface area contributed by atoms with E-state index >= 15 is 0 Å². The van der Waals surface area contributed by atoms with Gasteiger partial charge >= 0.3 is 0 Å². The first-order valence-corrected chi connectivity index (χ1v) is 9.29. The zero-order valence-electron chi connectivity index (χ0n) is 14.7. The average molecular weight is 382 g/mol. The molecule has 26 heavy (non-hydrogen) atoms. The first-order chi connectivity index (χ1) is 12.2. The van der Waals surface area contributed by atoms with Gasteiger partial charge in [-0.3, -0.25) is 9.10 Å². The standard InChI is InChI=1S/C17H19FN2O5S/c1-20(26(4,22)23)14-7-6-12(18)10-13(14)19-17(21)11-5-8-15(24-2)16(9-11)25-3/h5-10H,1-4H3,(H,19,21). The zero-order valence-corrected chi connectivity index (χ0v) is 15.6. The van der Waals surface area contributed by atoms with Crippen molar-refractivity contribution in [2.75, 3.05) is 37.1 Å². The Bertz CT molecular complexity index is 931. The normalized spacial score (nSPS) is 11.0. The van der Waals surface area contributed by atoms with Gasteiger partial charge in [-0.05, 0) is 36.4 Å². The van der Waals surface area contributed by atoms with Crippen LogP contribution >= 0.6 is 0 Å². The van der Waals surface area contributed by atoms with Crippen molar-refractivity contribution in [2.45, 2.75) is 0 Å². The number of amides is 1. The van der Waals surface area contributed by atoms with Crippen molar-refractivity contribution in [1.29, 1.82) is 0 Å². The number of ether oxygens (including phenoxy) is 2. The van der Waals surface area contributed by atoms with Gasteiger partial charge < -0.3 is 14.8 Å². The van der Waals surface area contributed by atoms with Gasteiger partial charge in [0.1, 0.15) is 5.82 Å². The van der Waals surface area contributed by atoms with Crippen LogP contribution in [0.15, 0.2) is 36.4 Å². The molecule has 0 atom stereocenters. The van der Waals surface area contributed by atoms with Gasteiger partial charge in [0.05, 0.1) is 31.9 Å². The molecule has 0 aliphatic rings. The van der Waals surface area contributed by atoms with Gasteiger partial charge in [0.15, 0.2) is 11.5 Å². The maximum atomic E-state index is 13.6. The van der Waals surface area contributed by atoms with Crippen molar-refractivity contribution in [3.8, 4) is 11.5 Å². The quantitative estimate of drug-likeness (QED) is 0.830. The van der Waals surface area contributed by atoms with Gasteiger partial charge in [0, 0.05) is 12.6 Å². The molecule has 0 heterocycles. The van der Waals surface area contributed by atoms with E-state index < -0.39 is 21.7 Å². The number of rotatable bonds is 6. The second kappa shape index (κ2) is 7.61. The first kappa shape index (κ1) is 19.5. The highest BCUT2D eigenvalue weighted by Gasteiger charge is 2.19. The van der Waals surface area contributed by atoms with Crippen LogP contribution in [0.1, 0.15) is 10.4 Å². The second-order valence-corrected chi connectivity index (χ2v) is 7.43. The molecule has 0 saturated heterocycles. The van der Waals surface area contributed by atoms with E-state index in [1.165, 1.54) is 39.5 Å². The van der Waals surface area contributed by atoms with Crippen molar-refractivity contribution in [1.82, 2.24) is 0 Å². The molecule has 2 rings (SSSR count). The SMILES string of the molecule is COc1ccc(C(=O)Nc2cc(F)ccc2N(C)S(C)(=O)=O)cc1OC. The minimum absolute atomic E-state index is 0.0257. The van der Waals surface area contributed by atoms with Gasteiger partial charge in [-0.25, -0.2) is 12.8 Å². The molecule has 0 unspecified atom stereocenters. The summed E-state index contributed by atoms with van der Waals surface area (Å²) < 4.78 is 48.4. The van der Waals surface area contributed by atoms with Crippen LogP contribution in [0.25, 0.3) is 0 Å². The first-order valence-electron chi connectivity index (χ1n) is 7.44. The third kappa shape index (κ3) is 4.23. The lowest BCUT2D eigenvalue weighted by Crippen LogP contribution is -2.26. The molecule has 0 aliphatic carbocycles. The van der Waals surface area contributed by atoms with E-state index in [2.05, 4.69) is 5.32 Å². The van der Waals surface area contributed by atoms with Crippen LogP contribution in [0.4, 0.5) is 15.8 Å². The molecule has 7 nitrogen and oxygen atoms in total. The van der Waals surface area contributed by atoms with E-state index in [1.807, 2.05) is 0 Å². The van der Waals surface area contributed by atoms with Gasteiger partial charge in [0.2, 0.25) is 10.0 Å². The summed E-state index contributed by atoms with van der Waals surface area (Å²) in [4.78, 5) is 12.5.